The van der Waals surface area contributed by atoms with Gasteiger partial charge in [-0.25, -0.2) is 14.4 Å². The molecule has 0 radical (unpaired) electrons. The minimum atomic E-state index is -0.172. The normalized spacial score (nSPS) is 17.3. The molecule has 1 aromatic heterocycles. The van der Waals surface area contributed by atoms with Gasteiger partial charge in [0, 0.05) is 69.7 Å². The number of nitrogens with zero attached hydrogens (tertiary/aromatic N) is 4. The summed E-state index contributed by atoms with van der Waals surface area (Å²) in [6.45, 7) is 7.36. The van der Waals surface area contributed by atoms with Crippen molar-refractivity contribution in [1.82, 2.24) is 19.8 Å². The Morgan fingerprint density at radius 3 is 2.33 bits per heavy atom. The minimum Gasteiger partial charge on any atom is -0.383 e. The van der Waals surface area contributed by atoms with Gasteiger partial charge < -0.3 is 15.0 Å². The summed E-state index contributed by atoms with van der Waals surface area (Å²) in [5.74, 6) is 0.338. The lowest BCUT2D eigenvalue weighted by Gasteiger charge is -2.34. The fourth-order valence-electron chi connectivity index (χ4n) is 5.86. The molecule has 2 heterocycles. The first-order valence-corrected chi connectivity index (χ1v) is 14.2. The Bertz CT molecular complexity index is 1440. The molecule has 1 aliphatic carbocycles. The number of fused-ring (bicyclic) bond motifs is 3. The van der Waals surface area contributed by atoms with Crippen LogP contribution in [-0.2, 0) is 17.6 Å². The van der Waals surface area contributed by atoms with Crippen molar-refractivity contribution >= 4 is 11.6 Å². The molecule has 2 aliphatic rings. The van der Waals surface area contributed by atoms with E-state index in [2.05, 4.69) is 56.5 Å². The Morgan fingerprint density at radius 1 is 0.875 bits per heavy atom. The summed E-state index contributed by atoms with van der Waals surface area (Å²) in [4.78, 5) is 14.6. The molecule has 6 rings (SSSR count). The van der Waals surface area contributed by atoms with Crippen molar-refractivity contribution in [3.63, 3.8) is 0 Å². The third-order valence-electron chi connectivity index (χ3n) is 8.16. The summed E-state index contributed by atoms with van der Waals surface area (Å²) in [6.07, 6.45) is 3.59. The van der Waals surface area contributed by atoms with E-state index in [9.17, 15) is 4.39 Å². The van der Waals surface area contributed by atoms with E-state index in [4.69, 9.17) is 9.72 Å². The molecule has 1 aliphatic heterocycles. The monoisotopic (exact) mass is 537 g/mol. The van der Waals surface area contributed by atoms with Gasteiger partial charge in [-0.3, -0.25) is 4.90 Å². The number of hydrogen-bond donors (Lipinski definition) is 1. The SMILES string of the molecule is COCCN1CCN(CCc2ccc(Nc3ncc4c(n3)-c3ccccc3[C@H](c3ccccc3F)C4)cc2)CC1. The summed E-state index contributed by atoms with van der Waals surface area (Å²) < 4.78 is 19.9. The van der Waals surface area contributed by atoms with Crippen molar-refractivity contribution in [2.75, 3.05) is 58.3 Å². The molecule has 1 atom stereocenters. The number of nitrogens with one attached hydrogen (secondary N) is 1. The van der Waals surface area contributed by atoms with Crippen molar-refractivity contribution in [3.05, 3.63) is 107 Å². The lowest BCUT2D eigenvalue weighted by Crippen LogP contribution is -2.47. The second kappa shape index (κ2) is 12.3. The third-order valence-corrected chi connectivity index (χ3v) is 8.16. The Labute approximate surface area is 235 Å². The fourth-order valence-corrected chi connectivity index (χ4v) is 5.86. The summed E-state index contributed by atoms with van der Waals surface area (Å²) in [5.41, 5.74) is 7.10. The summed E-state index contributed by atoms with van der Waals surface area (Å²) in [6, 6.07) is 23.8. The van der Waals surface area contributed by atoms with Gasteiger partial charge in [-0.15, -0.1) is 0 Å². The predicted octanol–water partition coefficient (Wildman–Crippen LogP) is 5.52. The Balaban J connectivity index is 1.10. The quantitative estimate of drug-likeness (QED) is 0.303. The Hall–Kier alpha value is -3.65. The van der Waals surface area contributed by atoms with E-state index >= 15 is 0 Å². The number of halogens is 1. The molecule has 1 N–H and O–H groups in total. The number of benzene rings is 3. The first-order valence-electron chi connectivity index (χ1n) is 14.2. The van der Waals surface area contributed by atoms with Crippen LogP contribution in [0.2, 0.25) is 0 Å². The van der Waals surface area contributed by atoms with Gasteiger partial charge >= 0.3 is 0 Å². The van der Waals surface area contributed by atoms with Crippen LogP contribution < -0.4 is 5.32 Å². The van der Waals surface area contributed by atoms with Crippen LogP contribution in [0.1, 0.15) is 28.2 Å². The summed E-state index contributed by atoms with van der Waals surface area (Å²) >= 11 is 0. The van der Waals surface area contributed by atoms with Gasteiger partial charge in [-0.1, -0.05) is 54.6 Å². The van der Waals surface area contributed by atoms with Crippen LogP contribution in [0, 0.1) is 5.82 Å². The molecule has 7 heteroatoms. The highest BCUT2D eigenvalue weighted by atomic mass is 19.1. The molecule has 1 saturated heterocycles. The molecule has 6 nitrogen and oxygen atoms in total. The Kier molecular flexibility index (Phi) is 8.14. The van der Waals surface area contributed by atoms with Gasteiger partial charge in [0.15, 0.2) is 0 Å². The van der Waals surface area contributed by atoms with Crippen LogP contribution in [-0.4, -0.2) is 72.8 Å². The topological polar surface area (TPSA) is 53.5 Å². The number of ether oxygens (including phenoxy) is 1. The average Bonchev–Trinajstić information content (AvgIpc) is 3.00. The molecular formula is C33H36FN5O. The fraction of sp³-hybridized carbons (Fsp3) is 0.333. The lowest BCUT2D eigenvalue weighted by molar-refractivity contribution is 0.0976. The molecule has 0 bridgehead atoms. The van der Waals surface area contributed by atoms with Crippen molar-refractivity contribution in [2.24, 2.45) is 0 Å². The van der Waals surface area contributed by atoms with E-state index in [1.807, 2.05) is 30.5 Å². The number of rotatable bonds is 9. The van der Waals surface area contributed by atoms with Crippen molar-refractivity contribution in [3.8, 4) is 11.3 Å². The second-order valence-electron chi connectivity index (χ2n) is 10.7. The standard InChI is InChI=1S/C33H36FN5O/c1-40-21-20-39-18-16-38(17-19-39)15-14-24-10-12-26(13-11-24)36-33-35-23-25-22-30(28-7-4-5-9-31(28)34)27-6-2-3-8-29(27)32(25)37-33/h2-13,23,30H,14-22H2,1H3,(H,35,36,37)/t30-/m1/s1. The number of anilines is 2. The van der Waals surface area contributed by atoms with Gasteiger partial charge in [-0.05, 0) is 53.3 Å². The van der Waals surface area contributed by atoms with Gasteiger partial charge in [0.25, 0.3) is 0 Å². The average molecular weight is 538 g/mol. The number of piperazine rings is 1. The zero-order chi connectivity index (χ0) is 27.3. The van der Waals surface area contributed by atoms with Crippen LogP contribution in [0.15, 0.2) is 79.0 Å². The molecule has 206 valence electrons. The van der Waals surface area contributed by atoms with Gasteiger partial charge in [-0.2, -0.15) is 0 Å². The van der Waals surface area contributed by atoms with Crippen LogP contribution in [0.5, 0.6) is 0 Å². The molecular weight excluding hydrogens is 501 g/mol. The molecule has 0 unspecified atom stereocenters. The first-order chi connectivity index (χ1) is 19.7. The number of methoxy groups -OCH3 is 1. The van der Waals surface area contributed by atoms with Crippen molar-refractivity contribution < 1.29 is 9.13 Å². The predicted molar refractivity (Wildman–Crippen MR) is 158 cm³/mol. The largest absolute Gasteiger partial charge is 0.383 e. The van der Waals surface area contributed by atoms with E-state index in [-0.39, 0.29) is 11.7 Å². The highest BCUT2D eigenvalue weighted by molar-refractivity contribution is 5.73. The number of aromatic nitrogens is 2. The van der Waals surface area contributed by atoms with Crippen LogP contribution >= 0.6 is 0 Å². The maximum atomic E-state index is 14.7. The molecule has 0 amide bonds. The van der Waals surface area contributed by atoms with Crippen LogP contribution in [0.25, 0.3) is 11.3 Å². The van der Waals surface area contributed by atoms with Crippen LogP contribution in [0.4, 0.5) is 16.0 Å². The van der Waals surface area contributed by atoms with E-state index < -0.39 is 0 Å². The van der Waals surface area contributed by atoms with E-state index in [1.165, 1.54) is 11.6 Å². The molecule has 0 saturated carbocycles. The maximum Gasteiger partial charge on any atom is 0.227 e. The summed E-state index contributed by atoms with van der Waals surface area (Å²) in [5, 5.41) is 3.38. The van der Waals surface area contributed by atoms with E-state index in [0.29, 0.717) is 17.9 Å². The lowest BCUT2D eigenvalue weighted by atomic mass is 9.78. The maximum absolute atomic E-state index is 14.7. The molecule has 40 heavy (non-hydrogen) atoms. The highest BCUT2D eigenvalue weighted by Crippen LogP contribution is 2.42. The van der Waals surface area contributed by atoms with Gasteiger partial charge in [0.1, 0.15) is 5.82 Å². The van der Waals surface area contributed by atoms with E-state index in [0.717, 1.165) is 80.4 Å². The van der Waals surface area contributed by atoms with Crippen molar-refractivity contribution in [1.29, 1.82) is 0 Å². The first kappa shape index (κ1) is 26.6. The van der Waals surface area contributed by atoms with E-state index in [1.54, 1.807) is 13.2 Å². The third kappa shape index (κ3) is 5.92. The summed E-state index contributed by atoms with van der Waals surface area (Å²) in [7, 11) is 1.77. The highest BCUT2D eigenvalue weighted by Gasteiger charge is 2.29. The smallest absolute Gasteiger partial charge is 0.227 e. The second-order valence-corrected chi connectivity index (χ2v) is 10.7. The number of hydrogen-bond acceptors (Lipinski definition) is 6. The zero-order valence-corrected chi connectivity index (χ0v) is 23.0. The Morgan fingerprint density at radius 2 is 1.57 bits per heavy atom. The van der Waals surface area contributed by atoms with Crippen molar-refractivity contribution in [2.45, 2.75) is 18.8 Å². The van der Waals surface area contributed by atoms with Gasteiger partial charge in [0.05, 0.1) is 12.3 Å². The zero-order valence-electron chi connectivity index (χ0n) is 23.0. The molecule has 0 spiro atoms. The van der Waals surface area contributed by atoms with Crippen LogP contribution in [0.3, 0.4) is 0 Å². The molecule has 3 aromatic carbocycles. The minimum absolute atomic E-state index is 0.0561. The van der Waals surface area contributed by atoms with Gasteiger partial charge in [0.2, 0.25) is 5.95 Å². The molecule has 1 fully saturated rings. The molecule has 4 aromatic rings.